The topological polar surface area (TPSA) is 138 Å². The Kier molecular flexibility index (Phi) is 15.1. The van der Waals surface area contributed by atoms with Crippen molar-refractivity contribution < 1.29 is 28.2 Å². The summed E-state index contributed by atoms with van der Waals surface area (Å²) in [7, 11) is -3.98. The quantitative estimate of drug-likeness (QED) is 0.174. The summed E-state index contributed by atoms with van der Waals surface area (Å²) < 4.78 is 34.4. The van der Waals surface area contributed by atoms with Crippen molar-refractivity contribution in [2.24, 2.45) is 5.41 Å². The molecule has 1 aromatic carbocycles. The van der Waals surface area contributed by atoms with Gasteiger partial charge in [-0.2, -0.15) is 0 Å². The van der Waals surface area contributed by atoms with Crippen molar-refractivity contribution >= 4 is 40.7 Å². The number of allylic oxidation sites excluding steroid dienone is 2. The summed E-state index contributed by atoms with van der Waals surface area (Å²) in [6, 6.07) is 13.4. The lowest BCUT2D eigenvalue weighted by atomic mass is 9.75. The standard InChI is InChI=1S/C31H41N3O6S.2ClH/c35-19-8-20-41(38,39)34-30(37)31(16-18-33-23-28(36)26-11-7-17-32-22-26)15-14-25(24-9-3-1-4-10-24)21-29(31)40-27-12-5-2-6-13-27;;/h1,3-4,7,9-11,14-15,17,21-22,25,27-28,33,35-36H,2,5-6,8,12-13,16,18-20,23H2,(H,34,37);2*1H/t25?,28-,31?;;/m0../s1. The van der Waals surface area contributed by atoms with Gasteiger partial charge in [-0.1, -0.05) is 55.0 Å². The van der Waals surface area contributed by atoms with Gasteiger partial charge in [0.15, 0.2) is 0 Å². The molecule has 0 spiro atoms. The zero-order chi connectivity index (χ0) is 29.1. The summed E-state index contributed by atoms with van der Waals surface area (Å²) in [5, 5.41) is 22.9. The molecule has 1 amide bonds. The highest BCUT2D eigenvalue weighted by Crippen LogP contribution is 2.43. The monoisotopic (exact) mass is 655 g/mol. The molecule has 238 valence electrons. The van der Waals surface area contributed by atoms with Crippen LogP contribution in [0.3, 0.4) is 0 Å². The molecule has 0 bridgehead atoms. The van der Waals surface area contributed by atoms with Crippen molar-refractivity contribution in [3.8, 4) is 0 Å². The molecule has 1 heterocycles. The summed E-state index contributed by atoms with van der Waals surface area (Å²) in [4.78, 5) is 18.0. The van der Waals surface area contributed by atoms with Gasteiger partial charge >= 0.3 is 0 Å². The van der Waals surface area contributed by atoms with E-state index in [1.807, 2.05) is 42.5 Å². The number of aliphatic hydroxyl groups excluding tert-OH is 2. The highest BCUT2D eigenvalue weighted by molar-refractivity contribution is 7.90. The number of aromatic nitrogens is 1. The lowest BCUT2D eigenvalue weighted by Crippen LogP contribution is -2.48. The minimum Gasteiger partial charge on any atom is -0.494 e. The van der Waals surface area contributed by atoms with Gasteiger partial charge in [0.2, 0.25) is 10.0 Å². The molecule has 0 saturated heterocycles. The van der Waals surface area contributed by atoms with E-state index in [9.17, 15) is 18.3 Å². The Morgan fingerprint density at radius 2 is 1.84 bits per heavy atom. The summed E-state index contributed by atoms with van der Waals surface area (Å²) in [5.41, 5.74) is 0.337. The number of benzene rings is 1. The molecule has 0 aliphatic heterocycles. The maximum Gasteiger partial charge on any atom is 0.251 e. The Bertz CT molecular complexity index is 1290. The largest absolute Gasteiger partial charge is 0.494 e. The van der Waals surface area contributed by atoms with Crippen molar-refractivity contribution in [2.45, 2.75) is 63.1 Å². The molecule has 1 aromatic heterocycles. The fraction of sp³-hybridized carbons (Fsp3) is 0.484. The predicted octanol–water partition coefficient (Wildman–Crippen LogP) is 4.34. The third-order valence-electron chi connectivity index (χ3n) is 7.72. The molecule has 2 aliphatic rings. The first-order valence-corrected chi connectivity index (χ1v) is 16.1. The number of ether oxygens (including phenoxy) is 1. The number of pyridine rings is 1. The van der Waals surface area contributed by atoms with Crippen LogP contribution in [0.4, 0.5) is 0 Å². The van der Waals surface area contributed by atoms with Gasteiger partial charge in [0.1, 0.15) is 11.2 Å². The first-order valence-electron chi connectivity index (χ1n) is 14.4. The molecule has 1 saturated carbocycles. The normalized spacial score (nSPS) is 21.1. The van der Waals surface area contributed by atoms with Gasteiger partial charge in [-0.3, -0.25) is 14.5 Å². The highest BCUT2D eigenvalue weighted by Gasteiger charge is 2.45. The van der Waals surface area contributed by atoms with Crippen LogP contribution >= 0.6 is 24.8 Å². The second-order valence-electron chi connectivity index (χ2n) is 10.8. The van der Waals surface area contributed by atoms with Gasteiger partial charge in [0, 0.05) is 37.0 Å². The Hall–Kier alpha value is -2.47. The zero-order valence-corrected chi connectivity index (χ0v) is 26.6. The van der Waals surface area contributed by atoms with E-state index < -0.39 is 27.4 Å². The molecule has 0 radical (unpaired) electrons. The van der Waals surface area contributed by atoms with Crippen LogP contribution in [0.5, 0.6) is 0 Å². The van der Waals surface area contributed by atoms with Crippen LogP contribution in [0.15, 0.2) is 78.8 Å². The molecule has 2 aliphatic carbocycles. The molecule has 3 atom stereocenters. The number of nitrogens with one attached hydrogen (secondary N) is 2. The number of halogens is 2. The van der Waals surface area contributed by atoms with E-state index in [4.69, 9.17) is 9.84 Å². The Labute approximate surface area is 267 Å². The first-order chi connectivity index (χ1) is 19.8. The zero-order valence-electron chi connectivity index (χ0n) is 24.1. The molecule has 1 fully saturated rings. The van der Waals surface area contributed by atoms with Gasteiger partial charge < -0.3 is 20.3 Å². The molecule has 2 aromatic rings. The minimum absolute atomic E-state index is 0. The Morgan fingerprint density at radius 3 is 2.51 bits per heavy atom. The SMILES string of the molecule is Cl.Cl.O=C(NS(=O)(=O)CCCO)C1(CCNC[C@H](O)c2cccnc2)C=CC(c2ccccc2)C=C1OC1CCCCC1. The molecule has 9 nitrogen and oxygen atoms in total. The maximum absolute atomic E-state index is 13.9. The van der Waals surface area contributed by atoms with E-state index in [-0.39, 0.29) is 68.6 Å². The van der Waals surface area contributed by atoms with Crippen LogP contribution in [0, 0.1) is 5.41 Å². The number of nitrogens with zero attached hydrogens (tertiary/aromatic N) is 1. The Morgan fingerprint density at radius 1 is 1.09 bits per heavy atom. The number of carbonyl (C=O) groups is 1. The van der Waals surface area contributed by atoms with Crippen LogP contribution in [-0.4, -0.2) is 61.1 Å². The van der Waals surface area contributed by atoms with Gasteiger partial charge in [-0.25, -0.2) is 8.42 Å². The van der Waals surface area contributed by atoms with Crippen molar-refractivity contribution in [3.63, 3.8) is 0 Å². The minimum atomic E-state index is -3.98. The summed E-state index contributed by atoms with van der Waals surface area (Å²) in [6.45, 7) is 0.252. The summed E-state index contributed by atoms with van der Waals surface area (Å²) in [6.07, 6.45) is 13.2. The molecular weight excluding hydrogens is 613 g/mol. The molecule has 2 unspecified atom stereocenters. The number of aliphatic hydroxyl groups is 2. The lowest BCUT2D eigenvalue weighted by molar-refractivity contribution is -0.128. The van der Waals surface area contributed by atoms with E-state index in [0.29, 0.717) is 17.9 Å². The van der Waals surface area contributed by atoms with Crippen LogP contribution in [0.1, 0.15) is 68.1 Å². The average molecular weight is 657 g/mol. The van der Waals surface area contributed by atoms with Crippen molar-refractivity contribution in [1.29, 1.82) is 0 Å². The van der Waals surface area contributed by atoms with E-state index >= 15 is 0 Å². The van der Waals surface area contributed by atoms with Gasteiger partial charge in [0.25, 0.3) is 5.91 Å². The smallest absolute Gasteiger partial charge is 0.251 e. The Balaban J connectivity index is 0.00000323. The van der Waals surface area contributed by atoms with E-state index in [2.05, 4.69) is 15.0 Å². The number of rotatable bonds is 14. The predicted molar refractivity (Wildman–Crippen MR) is 172 cm³/mol. The third kappa shape index (κ3) is 10.3. The second kappa shape index (κ2) is 17.7. The second-order valence-corrected chi connectivity index (χ2v) is 12.6. The van der Waals surface area contributed by atoms with E-state index in [0.717, 1.165) is 37.7 Å². The maximum atomic E-state index is 13.9. The van der Waals surface area contributed by atoms with Crippen LogP contribution in [-0.2, 0) is 19.6 Å². The molecular formula is C31H43Cl2N3O6S. The first kappa shape index (κ1) is 36.7. The molecule has 4 N–H and O–H groups in total. The van der Waals surface area contributed by atoms with Gasteiger partial charge in [0.05, 0.1) is 18.0 Å². The van der Waals surface area contributed by atoms with Crippen molar-refractivity contribution in [2.75, 3.05) is 25.4 Å². The summed E-state index contributed by atoms with van der Waals surface area (Å²) in [5.74, 6) is -0.734. The third-order valence-corrected chi connectivity index (χ3v) is 9.04. The number of hydrogen-bond donors (Lipinski definition) is 4. The lowest BCUT2D eigenvalue weighted by Gasteiger charge is -2.38. The average Bonchev–Trinajstić information content (AvgIpc) is 3.00. The fourth-order valence-electron chi connectivity index (χ4n) is 5.37. The number of amides is 1. The number of hydrogen-bond acceptors (Lipinski definition) is 8. The van der Waals surface area contributed by atoms with Crippen LogP contribution < -0.4 is 10.0 Å². The number of carbonyl (C=O) groups excluding carboxylic acids is 1. The molecule has 12 heteroatoms. The van der Waals surface area contributed by atoms with Crippen LogP contribution in [0.2, 0.25) is 0 Å². The number of sulfonamides is 1. The van der Waals surface area contributed by atoms with Crippen molar-refractivity contribution in [3.05, 3.63) is 90.0 Å². The molecule has 43 heavy (non-hydrogen) atoms. The van der Waals surface area contributed by atoms with Crippen molar-refractivity contribution in [1.82, 2.24) is 15.0 Å². The van der Waals surface area contributed by atoms with Gasteiger partial charge in [-0.05, 0) is 62.8 Å². The van der Waals surface area contributed by atoms with E-state index in [1.54, 1.807) is 30.6 Å². The fourth-order valence-corrected chi connectivity index (χ4v) is 6.44. The van der Waals surface area contributed by atoms with E-state index in [1.165, 1.54) is 0 Å². The van der Waals surface area contributed by atoms with Gasteiger partial charge in [-0.15, -0.1) is 24.8 Å². The summed E-state index contributed by atoms with van der Waals surface area (Å²) >= 11 is 0. The highest BCUT2D eigenvalue weighted by atomic mass is 35.5. The van der Waals surface area contributed by atoms with Crippen LogP contribution in [0.25, 0.3) is 0 Å². The molecule has 4 rings (SSSR count).